The van der Waals surface area contributed by atoms with E-state index in [0.29, 0.717) is 25.8 Å². The maximum absolute atomic E-state index is 15.2. The van der Waals surface area contributed by atoms with Crippen molar-refractivity contribution in [3.05, 3.63) is 34.9 Å². The lowest BCUT2D eigenvalue weighted by Gasteiger charge is -2.31. The quantitative estimate of drug-likeness (QED) is 0.558. The summed E-state index contributed by atoms with van der Waals surface area (Å²) in [4.78, 5) is 51.5. The summed E-state index contributed by atoms with van der Waals surface area (Å²) in [5.74, 6) is -8.43. The van der Waals surface area contributed by atoms with E-state index in [1.54, 1.807) is 0 Å². The second-order valence-corrected chi connectivity index (χ2v) is 9.95. The molecule has 3 aliphatic rings. The summed E-state index contributed by atoms with van der Waals surface area (Å²) in [6.07, 6.45) is 2.40. The highest BCUT2D eigenvalue weighted by atomic mass is 35.5. The number of carbonyl (C=O) groups excluding carboxylic acids is 4. The number of nitrogens with zero attached hydrogens (tertiary/aromatic N) is 1. The summed E-state index contributed by atoms with van der Waals surface area (Å²) >= 11 is 5.84. The Kier molecular flexibility index (Phi) is 7.40. The standard InChI is InChI=1S/C24H27ClF3N3O4/c25-16-5-2-4-15(10-16)24(27,28)23(35)31-12-14-3-1-6-17(14)20(31)22(34)30-18(19(32)11-26)9-13-7-8-29-21(13)33/h2,4-5,10,13-14,17-18,20H,1,3,6-9,11-12H2,(H,29,33)(H,30,34)/t13-,14-,17-,18+,20+/m1/s1. The Morgan fingerprint density at radius 2 is 2.00 bits per heavy atom. The third-order valence-corrected chi connectivity index (χ3v) is 7.63. The minimum Gasteiger partial charge on any atom is -0.356 e. The van der Waals surface area contributed by atoms with Gasteiger partial charge in [0.25, 0.3) is 5.91 Å². The smallest absolute Gasteiger partial charge is 0.350 e. The molecule has 11 heteroatoms. The molecule has 35 heavy (non-hydrogen) atoms. The minimum absolute atomic E-state index is 0.00943. The van der Waals surface area contributed by atoms with E-state index in [1.807, 2.05) is 0 Å². The Labute approximate surface area is 205 Å². The first-order chi connectivity index (χ1) is 16.6. The molecule has 1 aromatic carbocycles. The zero-order valence-corrected chi connectivity index (χ0v) is 19.7. The first kappa shape index (κ1) is 25.5. The summed E-state index contributed by atoms with van der Waals surface area (Å²) in [6.45, 7) is -0.933. The van der Waals surface area contributed by atoms with Crippen LogP contribution in [0.2, 0.25) is 5.02 Å². The van der Waals surface area contributed by atoms with E-state index in [4.69, 9.17) is 11.6 Å². The van der Waals surface area contributed by atoms with Gasteiger partial charge in [0.05, 0.1) is 6.04 Å². The monoisotopic (exact) mass is 513 g/mol. The van der Waals surface area contributed by atoms with Crippen molar-refractivity contribution in [2.24, 2.45) is 17.8 Å². The van der Waals surface area contributed by atoms with Crippen LogP contribution in [0, 0.1) is 17.8 Å². The third-order valence-electron chi connectivity index (χ3n) is 7.40. The van der Waals surface area contributed by atoms with Gasteiger partial charge in [-0.25, -0.2) is 4.39 Å². The lowest BCUT2D eigenvalue weighted by atomic mass is 9.92. The van der Waals surface area contributed by atoms with Crippen molar-refractivity contribution in [1.82, 2.24) is 15.5 Å². The van der Waals surface area contributed by atoms with Gasteiger partial charge in [0, 0.05) is 29.6 Å². The van der Waals surface area contributed by atoms with Crippen LogP contribution in [-0.2, 0) is 25.1 Å². The Morgan fingerprint density at radius 3 is 2.66 bits per heavy atom. The van der Waals surface area contributed by atoms with Crippen molar-refractivity contribution >= 4 is 35.1 Å². The number of hydrogen-bond donors (Lipinski definition) is 2. The average molecular weight is 514 g/mol. The second-order valence-electron chi connectivity index (χ2n) is 9.52. The fourth-order valence-electron chi connectivity index (χ4n) is 5.61. The van der Waals surface area contributed by atoms with Gasteiger partial charge in [-0.1, -0.05) is 30.2 Å². The minimum atomic E-state index is -3.92. The van der Waals surface area contributed by atoms with Gasteiger partial charge in [0.2, 0.25) is 11.8 Å². The molecular weight excluding hydrogens is 487 g/mol. The number of rotatable bonds is 8. The van der Waals surface area contributed by atoms with Crippen LogP contribution < -0.4 is 10.6 Å². The molecule has 4 rings (SSSR count). The van der Waals surface area contributed by atoms with Crippen LogP contribution in [0.3, 0.4) is 0 Å². The van der Waals surface area contributed by atoms with Gasteiger partial charge in [-0.3, -0.25) is 19.2 Å². The summed E-state index contributed by atoms with van der Waals surface area (Å²) in [5, 5.41) is 5.16. The van der Waals surface area contributed by atoms with Gasteiger partial charge in [0.1, 0.15) is 12.7 Å². The van der Waals surface area contributed by atoms with Crippen LogP contribution in [0.4, 0.5) is 13.2 Å². The molecule has 190 valence electrons. The number of benzene rings is 1. The third kappa shape index (κ3) is 5.03. The van der Waals surface area contributed by atoms with Crippen molar-refractivity contribution in [2.45, 2.75) is 50.1 Å². The van der Waals surface area contributed by atoms with Crippen molar-refractivity contribution in [1.29, 1.82) is 0 Å². The molecule has 0 unspecified atom stereocenters. The molecule has 2 aliphatic heterocycles. The van der Waals surface area contributed by atoms with E-state index >= 15 is 8.78 Å². The molecule has 1 aliphatic carbocycles. The van der Waals surface area contributed by atoms with Gasteiger partial charge in [-0.05, 0) is 49.7 Å². The highest BCUT2D eigenvalue weighted by Gasteiger charge is 2.55. The first-order valence-electron chi connectivity index (χ1n) is 11.7. The molecule has 1 aromatic rings. The predicted molar refractivity (Wildman–Crippen MR) is 120 cm³/mol. The van der Waals surface area contributed by atoms with Gasteiger partial charge in [0.15, 0.2) is 5.78 Å². The van der Waals surface area contributed by atoms with Crippen molar-refractivity contribution in [3.63, 3.8) is 0 Å². The van der Waals surface area contributed by atoms with E-state index in [1.165, 1.54) is 12.1 Å². The van der Waals surface area contributed by atoms with Crippen molar-refractivity contribution in [2.75, 3.05) is 19.8 Å². The molecule has 2 saturated heterocycles. The number of ketones is 1. The Bertz CT molecular complexity index is 1020. The highest BCUT2D eigenvalue weighted by molar-refractivity contribution is 6.30. The highest BCUT2D eigenvalue weighted by Crippen LogP contribution is 2.44. The number of amides is 3. The molecule has 3 fully saturated rings. The molecule has 7 nitrogen and oxygen atoms in total. The SMILES string of the molecule is O=C1NCC[C@@H]1C[C@H](NC(=O)[C@@H]1[C@@H]2CCC[C@@H]2CN1C(=O)C(F)(F)c1cccc(Cl)c1)C(=O)CF. The molecular formula is C24H27ClF3N3O4. The molecule has 2 N–H and O–H groups in total. The maximum atomic E-state index is 15.2. The number of nitrogens with one attached hydrogen (secondary N) is 2. The zero-order valence-electron chi connectivity index (χ0n) is 18.9. The molecule has 1 saturated carbocycles. The van der Waals surface area contributed by atoms with Crippen LogP contribution in [-0.4, -0.2) is 60.3 Å². The van der Waals surface area contributed by atoms with E-state index < -0.39 is 53.8 Å². The summed E-state index contributed by atoms with van der Waals surface area (Å²) in [6, 6.07) is 2.33. The normalized spacial score (nSPS) is 26.9. The topological polar surface area (TPSA) is 95.6 Å². The number of Topliss-reactive ketones (excluding diaryl/α,β-unsaturated/α-hetero) is 1. The number of halogens is 4. The number of likely N-dealkylation sites (tertiary alicyclic amines) is 1. The van der Waals surface area contributed by atoms with Gasteiger partial charge >= 0.3 is 5.92 Å². The van der Waals surface area contributed by atoms with Crippen LogP contribution in [0.5, 0.6) is 0 Å². The lowest BCUT2D eigenvalue weighted by molar-refractivity contribution is -0.162. The first-order valence-corrected chi connectivity index (χ1v) is 12.1. The maximum Gasteiger partial charge on any atom is 0.350 e. The van der Waals surface area contributed by atoms with Gasteiger partial charge in [-0.15, -0.1) is 0 Å². The Hall–Kier alpha value is -2.62. The molecule has 0 aromatic heterocycles. The summed E-state index contributed by atoms with van der Waals surface area (Å²) < 4.78 is 43.7. The van der Waals surface area contributed by atoms with Crippen LogP contribution in [0.15, 0.2) is 24.3 Å². The molecule has 0 radical (unpaired) electrons. The van der Waals surface area contributed by atoms with Crippen LogP contribution in [0.25, 0.3) is 0 Å². The lowest BCUT2D eigenvalue weighted by Crippen LogP contribution is -2.55. The fourth-order valence-corrected chi connectivity index (χ4v) is 5.80. The van der Waals surface area contributed by atoms with Crippen molar-refractivity contribution < 1.29 is 32.3 Å². The molecule has 2 heterocycles. The number of fused-ring (bicyclic) bond motifs is 1. The fraction of sp³-hybridized carbons (Fsp3) is 0.583. The summed E-state index contributed by atoms with van der Waals surface area (Å²) in [7, 11) is 0. The van der Waals surface area contributed by atoms with Crippen LogP contribution >= 0.6 is 11.6 Å². The van der Waals surface area contributed by atoms with Crippen molar-refractivity contribution in [3.8, 4) is 0 Å². The Morgan fingerprint density at radius 1 is 1.23 bits per heavy atom. The predicted octanol–water partition coefficient (Wildman–Crippen LogP) is 2.61. The molecule has 0 bridgehead atoms. The number of alkyl halides is 3. The number of hydrogen-bond acceptors (Lipinski definition) is 4. The zero-order chi connectivity index (χ0) is 25.3. The van der Waals surface area contributed by atoms with Gasteiger partial charge in [-0.2, -0.15) is 8.78 Å². The molecule has 0 spiro atoms. The average Bonchev–Trinajstić information content (AvgIpc) is 3.53. The Balaban J connectivity index is 1.57. The van der Waals surface area contributed by atoms with E-state index in [0.717, 1.165) is 23.5 Å². The molecule has 3 amide bonds. The second kappa shape index (κ2) is 10.2. The summed E-state index contributed by atoms with van der Waals surface area (Å²) in [5.41, 5.74) is -0.580. The largest absolute Gasteiger partial charge is 0.356 e. The van der Waals surface area contributed by atoms with E-state index in [-0.39, 0.29) is 35.7 Å². The number of carbonyl (C=O) groups is 4. The van der Waals surface area contributed by atoms with E-state index in [9.17, 15) is 23.6 Å². The van der Waals surface area contributed by atoms with E-state index in [2.05, 4.69) is 10.6 Å². The van der Waals surface area contributed by atoms with Gasteiger partial charge < -0.3 is 15.5 Å². The molecule has 5 atom stereocenters. The van der Waals surface area contributed by atoms with Crippen LogP contribution in [0.1, 0.15) is 37.7 Å².